The van der Waals surface area contributed by atoms with Crippen LogP contribution >= 0.6 is 0 Å². The SMILES string of the molecule is CS(=O)C1CCCC(S(=O)(=O)NC2CCCC(S(=O)[O-])C2)C1.[K+]. The van der Waals surface area contributed by atoms with E-state index in [1.165, 1.54) is 0 Å². The molecule has 2 saturated carbocycles. The van der Waals surface area contributed by atoms with Crippen molar-refractivity contribution in [2.75, 3.05) is 6.26 Å². The summed E-state index contributed by atoms with van der Waals surface area (Å²) < 4.78 is 61.5. The summed E-state index contributed by atoms with van der Waals surface area (Å²) in [6, 6.07) is -0.297. The average Bonchev–Trinajstić information content (AvgIpc) is 2.47. The van der Waals surface area contributed by atoms with Crippen molar-refractivity contribution in [2.45, 2.75) is 73.2 Å². The molecule has 2 rings (SSSR count). The molecular formula is C13H24KNO5S3. The zero-order valence-electron chi connectivity index (χ0n) is 13.7. The van der Waals surface area contributed by atoms with Gasteiger partial charge in [0.25, 0.3) is 0 Å². The molecule has 2 aliphatic rings. The van der Waals surface area contributed by atoms with Gasteiger partial charge in [0, 0.05) is 33.6 Å². The Hall–Kier alpha value is 1.81. The minimum absolute atomic E-state index is 0. The Bertz CT molecular complexity index is 542. The van der Waals surface area contributed by atoms with E-state index in [0.29, 0.717) is 32.1 Å². The van der Waals surface area contributed by atoms with Crippen molar-refractivity contribution in [1.29, 1.82) is 0 Å². The van der Waals surface area contributed by atoms with E-state index in [4.69, 9.17) is 0 Å². The molecule has 6 unspecified atom stereocenters. The first kappa shape index (κ1) is 22.8. The van der Waals surface area contributed by atoms with Crippen molar-refractivity contribution in [2.24, 2.45) is 0 Å². The van der Waals surface area contributed by atoms with Crippen molar-refractivity contribution >= 4 is 31.9 Å². The molecule has 0 bridgehead atoms. The first-order valence-corrected chi connectivity index (χ1v) is 12.0. The maximum absolute atomic E-state index is 12.5. The molecule has 23 heavy (non-hydrogen) atoms. The van der Waals surface area contributed by atoms with Gasteiger partial charge in [-0.1, -0.05) is 23.9 Å². The summed E-state index contributed by atoms with van der Waals surface area (Å²) in [5, 5.41) is -1.01. The molecule has 0 heterocycles. The average molecular weight is 410 g/mol. The summed E-state index contributed by atoms with van der Waals surface area (Å²) in [6.45, 7) is 0. The van der Waals surface area contributed by atoms with Crippen LogP contribution in [0.5, 0.6) is 0 Å². The van der Waals surface area contributed by atoms with Crippen molar-refractivity contribution < 1.29 is 72.8 Å². The molecule has 10 heteroatoms. The van der Waals surface area contributed by atoms with Crippen LogP contribution in [-0.2, 0) is 31.9 Å². The van der Waals surface area contributed by atoms with Crippen LogP contribution < -0.4 is 56.1 Å². The molecule has 2 aliphatic carbocycles. The first-order chi connectivity index (χ1) is 10.3. The van der Waals surface area contributed by atoms with Gasteiger partial charge in [0.2, 0.25) is 10.0 Å². The fourth-order valence-electron chi connectivity index (χ4n) is 3.44. The molecule has 0 aromatic carbocycles. The van der Waals surface area contributed by atoms with E-state index in [9.17, 15) is 21.4 Å². The van der Waals surface area contributed by atoms with Crippen LogP contribution in [0.4, 0.5) is 0 Å². The van der Waals surface area contributed by atoms with Gasteiger partial charge >= 0.3 is 51.4 Å². The fraction of sp³-hybridized carbons (Fsp3) is 1.00. The van der Waals surface area contributed by atoms with Crippen LogP contribution in [-0.4, -0.2) is 49.4 Å². The van der Waals surface area contributed by atoms with Crippen LogP contribution in [0.15, 0.2) is 0 Å². The monoisotopic (exact) mass is 409 g/mol. The van der Waals surface area contributed by atoms with E-state index in [0.717, 1.165) is 19.3 Å². The molecule has 6 nitrogen and oxygen atoms in total. The van der Waals surface area contributed by atoms with Gasteiger partial charge in [-0.25, -0.2) is 13.1 Å². The largest absolute Gasteiger partial charge is 1.00 e. The van der Waals surface area contributed by atoms with Crippen LogP contribution in [0.1, 0.15) is 51.4 Å². The van der Waals surface area contributed by atoms with E-state index < -0.39 is 42.4 Å². The number of hydrogen-bond donors (Lipinski definition) is 1. The Morgan fingerprint density at radius 1 is 1.00 bits per heavy atom. The van der Waals surface area contributed by atoms with E-state index in [-0.39, 0.29) is 62.7 Å². The van der Waals surface area contributed by atoms with Gasteiger partial charge in [0.1, 0.15) is 0 Å². The van der Waals surface area contributed by atoms with Gasteiger partial charge in [0.05, 0.1) is 5.25 Å². The number of nitrogens with one attached hydrogen (secondary N) is 1. The van der Waals surface area contributed by atoms with E-state index in [2.05, 4.69) is 4.72 Å². The Balaban J connectivity index is 0.00000264. The Morgan fingerprint density at radius 2 is 1.61 bits per heavy atom. The topological polar surface area (TPSA) is 103 Å². The predicted molar refractivity (Wildman–Crippen MR) is 87.1 cm³/mol. The van der Waals surface area contributed by atoms with Gasteiger partial charge in [-0.3, -0.25) is 8.42 Å². The summed E-state index contributed by atoms with van der Waals surface area (Å²) in [5.74, 6) is 0. The third-order valence-electron chi connectivity index (χ3n) is 4.72. The second-order valence-corrected chi connectivity index (χ2v) is 11.2. The quantitative estimate of drug-likeness (QED) is 0.410. The Morgan fingerprint density at radius 3 is 2.22 bits per heavy atom. The maximum atomic E-state index is 12.5. The standard InChI is InChI=1S/C13H25NO5S3.K/c1-20(15)11-5-3-7-13(9-11)22(18,19)14-10-4-2-6-12(8-10)21(16)17;/h10-14H,2-9H2,1H3,(H,16,17);/q;+1/p-1. The molecule has 0 amide bonds. The summed E-state index contributed by atoms with van der Waals surface area (Å²) in [7, 11) is -4.48. The third-order valence-corrected chi connectivity index (χ3v) is 9.02. The van der Waals surface area contributed by atoms with Crippen LogP contribution in [0.25, 0.3) is 0 Å². The van der Waals surface area contributed by atoms with Gasteiger partial charge in [-0.05, 0) is 38.5 Å². The second kappa shape index (κ2) is 10.2. The fourth-order valence-corrected chi connectivity index (χ4v) is 7.15. The molecule has 0 spiro atoms. The Kier molecular flexibility index (Phi) is 10.2. The number of sulfonamides is 1. The predicted octanol–water partition coefficient (Wildman–Crippen LogP) is -2.21. The summed E-state index contributed by atoms with van der Waals surface area (Å²) in [4.78, 5) is 0. The van der Waals surface area contributed by atoms with Crippen molar-refractivity contribution in [3.8, 4) is 0 Å². The second-order valence-electron chi connectivity index (χ2n) is 6.32. The number of rotatable bonds is 5. The summed E-state index contributed by atoms with van der Waals surface area (Å²) >= 11 is -2.14. The molecule has 0 saturated heterocycles. The minimum atomic E-state index is -3.48. The Labute approximate surface area is 186 Å². The van der Waals surface area contributed by atoms with Gasteiger partial charge in [0.15, 0.2) is 0 Å². The van der Waals surface area contributed by atoms with E-state index in [1.807, 2.05) is 0 Å². The molecule has 6 atom stereocenters. The minimum Gasteiger partial charge on any atom is -0.772 e. The molecule has 2 fully saturated rings. The maximum Gasteiger partial charge on any atom is 1.00 e. The summed E-state index contributed by atoms with van der Waals surface area (Å²) in [5.41, 5.74) is 0. The molecule has 0 aliphatic heterocycles. The van der Waals surface area contributed by atoms with Crippen LogP contribution in [0, 0.1) is 0 Å². The van der Waals surface area contributed by atoms with Gasteiger partial charge < -0.3 is 4.55 Å². The zero-order chi connectivity index (χ0) is 16.3. The third kappa shape index (κ3) is 6.80. The van der Waals surface area contributed by atoms with E-state index >= 15 is 0 Å². The molecule has 0 radical (unpaired) electrons. The van der Waals surface area contributed by atoms with Crippen molar-refractivity contribution in [3.63, 3.8) is 0 Å². The van der Waals surface area contributed by atoms with Gasteiger partial charge in [-0.15, -0.1) is 0 Å². The zero-order valence-corrected chi connectivity index (χ0v) is 19.3. The van der Waals surface area contributed by atoms with Gasteiger partial charge in [-0.2, -0.15) is 0 Å². The summed E-state index contributed by atoms with van der Waals surface area (Å²) in [6.07, 6.45) is 6.60. The molecule has 1 N–H and O–H groups in total. The van der Waals surface area contributed by atoms with E-state index in [1.54, 1.807) is 6.26 Å². The molecule has 130 valence electrons. The number of hydrogen-bond acceptors (Lipinski definition) is 5. The smallest absolute Gasteiger partial charge is 0.772 e. The molecule has 0 aromatic rings. The normalized spacial score (nSPS) is 35.0. The molecule has 0 aromatic heterocycles. The van der Waals surface area contributed by atoms with Crippen molar-refractivity contribution in [1.82, 2.24) is 4.72 Å². The first-order valence-electron chi connectivity index (χ1n) is 7.71. The van der Waals surface area contributed by atoms with Crippen LogP contribution in [0.2, 0.25) is 0 Å². The van der Waals surface area contributed by atoms with Crippen LogP contribution in [0.3, 0.4) is 0 Å². The van der Waals surface area contributed by atoms with Crippen molar-refractivity contribution in [3.05, 3.63) is 0 Å². The molecular weight excluding hydrogens is 385 g/mol.